The van der Waals surface area contributed by atoms with Gasteiger partial charge in [0.1, 0.15) is 5.76 Å². The molecule has 0 amide bonds. The van der Waals surface area contributed by atoms with Gasteiger partial charge < -0.3 is 4.42 Å². The standard InChI is InChI=1S/C13H9BrO2/c14-11-5-3-10(4-6-11)13(15)8-7-12-2-1-9-16-12/h1-9H/b8-7+. The minimum Gasteiger partial charge on any atom is -0.465 e. The molecule has 0 unspecified atom stereocenters. The zero-order valence-electron chi connectivity index (χ0n) is 8.39. The third-order valence-electron chi connectivity index (χ3n) is 2.07. The molecule has 80 valence electrons. The molecule has 0 aliphatic heterocycles. The van der Waals surface area contributed by atoms with Crippen LogP contribution in [0.3, 0.4) is 0 Å². The molecule has 3 heteroatoms. The number of carbonyl (C=O) groups excluding carboxylic acids is 1. The predicted molar refractivity (Wildman–Crippen MR) is 66.2 cm³/mol. The largest absolute Gasteiger partial charge is 0.465 e. The summed E-state index contributed by atoms with van der Waals surface area (Å²) < 4.78 is 6.05. The molecule has 1 aromatic carbocycles. The summed E-state index contributed by atoms with van der Waals surface area (Å²) in [7, 11) is 0. The molecule has 1 heterocycles. The first-order valence-electron chi connectivity index (χ1n) is 4.77. The first kappa shape index (κ1) is 10.9. The van der Waals surface area contributed by atoms with E-state index >= 15 is 0 Å². The van der Waals surface area contributed by atoms with Crippen LogP contribution in [0.15, 0.2) is 57.6 Å². The van der Waals surface area contributed by atoms with Crippen molar-refractivity contribution in [2.45, 2.75) is 0 Å². The van der Waals surface area contributed by atoms with Gasteiger partial charge in [0.15, 0.2) is 5.78 Å². The molecule has 0 N–H and O–H groups in total. The molecule has 16 heavy (non-hydrogen) atoms. The molecular weight excluding hydrogens is 268 g/mol. The molecule has 0 bridgehead atoms. The molecule has 0 spiro atoms. The lowest BCUT2D eigenvalue weighted by atomic mass is 10.1. The average Bonchev–Trinajstić information content (AvgIpc) is 2.80. The minimum absolute atomic E-state index is 0.0381. The second-order valence-electron chi connectivity index (χ2n) is 3.22. The van der Waals surface area contributed by atoms with Gasteiger partial charge in [0, 0.05) is 10.0 Å². The maximum atomic E-state index is 11.7. The van der Waals surface area contributed by atoms with Gasteiger partial charge in [-0.1, -0.05) is 15.9 Å². The lowest BCUT2D eigenvalue weighted by Gasteiger charge is -1.95. The van der Waals surface area contributed by atoms with Crippen LogP contribution >= 0.6 is 15.9 Å². The van der Waals surface area contributed by atoms with Crippen molar-refractivity contribution in [1.82, 2.24) is 0 Å². The van der Waals surface area contributed by atoms with Gasteiger partial charge in [0.25, 0.3) is 0 Å². The Bertz CT molecular complexity index is 495. The van der Waals surface area contributed by atoms with E-state index in [4.69, 9.17) is 4.42 Å². The van der Waals surface area contributed by atoms with E-state index in [0.717, 1.165) is 4.47 Å². The number of rotatable bonds is 3. The highest BCUT2D eigenvalue weighted by Gasteiger charge is 2.00. The van der Waals surface area contributed by atoms with E-state index in [9.17, 15) is 4.79 Å². The molecule has 2 aromatic rings. The summed E-state index contributed by atoms with van der Waals surface area (Å²) in [6, 6.07) is 10.8. The molecule has 0 aliphatic rings. The highest BCUT2D eigenvalue weighted by molar-refractivity contribution is 9.10. The second kappa shape index (κ2) is 4.94. The zero-order chi connectivity index (χ0) is 11.4. The van der Waals surface area contributed by atoms with E-state index < -0.39 is 0 Å². The Kier molecular flexibility index (Phi) is 3.37. The predicted octanol–water partition coefficient (Wildman–Crippen LogP) is 3.94. The lowest BCUT2D eigenvalue weighted by Crippen LogP contribution is -1.92. The summed E-state index contributed by atoms with van der Waals surface area (Å²) in [6.07, 6.45) is 4.73. The van der Waals surface area contributed by atoms with Crippen LogP contribution in [0.25, 0.3) is 6.08 Å². The Labute approximate surface area is 102 Å². The molecule has 0 fully saturated rings. The molecular formula is C13H9BrO2. The van der Waals surface area contributed by atoms with Gasteiger partial charge in [-0.05, 0) is 48.6 Å². The molecule has 0 saturated heterocycles. The zero-order valence-corrected chi connectivity index (χ0v) is 9.98. The first-order chi connectivity index (χ1) is 7.75. The summed E-state index contributed by atoms with van der Waals surface area (Å²) in [6.45, 7) is 0. The molecule has 0 radical (unpaired) electrons. The van der Waals surface area contributed by atoms with Crippen LogP contribution < -0.4 is 0 Å². The Hall–Kier alpha value is -1.61. The summed E-state index contributed by atoms with van der Waals surface area (Å²) in [5.41, 5.74) is 0.658. The number of benzene rings is 1. The van der Waals surface area contributed by atoms with Gasteiger partial charge in [-0.3, -0.25) is 4.79 Å². The van der Waals surface area contributed by atoms with Gasteiger partial charge in [0.2, 0.25) is 0 Å². The van der Waals surface area contributed by atoms with Crippen molar-refractivity contribution >= 4 is 27.8 Å². The van der Waals surface area contributed by atoms with Crippen molar-refractivity contribution in [1.29, 1.82) is 0 Å². The highest BCUT2D eigenvalue weighted by atomic mass is 79.9. The molecule has 2 rings (SSSR count). The van der Waals surface area contributed by atoms with E-state index in [-0.39, 0.29) is 5.78 Å². The molecule has 0 aliphatic carbocycles. The van der Waals surface area contributed by atoms with Gasteiger partial charge >= 0.3 is 0 Å². The van der Waals surface area contributed by atoms with Crippen molar-refractivity contribution in [3.63, 3.8) is 0 Å². The quantitative estimate of drug-likeness (QED) is 0.628. The monoisotopic (exact) mass is 276 g/mol. The number of furan rings is 1. The van der Waals surface area contributed by atoms with Gasteiger partial charge in [-0.25, -0.2) is 0 Å². The average molecular weight is 277 g/mol. The SMILES string of the molecule is O=C(/C=C/c1ccco1)c1ccc(Br)cc1. The van der Waals surface area contributed by atoms with Gasteiger partial charge in [-0.15, -0.1) is 0 Å². The third-order valence-corrected chi connectivity index (χ3v) is 2.60. The van der Waals surface area contributed by atoms with Crippen molar-refractivity contribution in [3.8, 4) is 0 Å². The summed E-state index contributed by atoms with van der Waals surface area (Å²) in [5.74, 6) is 0.634. The smallest absolute Gasteiger partial charge is 0.185 e. The topological polar surface area (TPSA) is 30.2 Å². The fraction of sp³-hybridized carbons (Fsp3) is 0. The second-order valence-corrected chi connectivity index (χ2v) is 4.14. The highest BCUT2D eigenvalue weighted by Crippen LogP contribution is 2.12. The first-order valence-corrected chi connectivity index (χ1v) is 5.56. The number of hydrogen-bond donors (Lipinski definition) is 0. The maximum absolute atomic E-state index is 11.7. The van der Waals surface area contributed by atoms with E-state index in [0.29, 0.717) is 11.3 Å². The van der Waals surface area contributed by atoms with Crippen LogP contribution in [-0.2, 0) is 0 Å². The number of hydrogen-bond acceptors (Lipinski definition) is 2. The van der Waals surface area contributed by atoms with Crippen molar-refractivity contribution in [2.24, 2.45) is 0 Å². The summed E-state index contributed by atoms with van der Waals surface area (Å²) in [5, 5.41) is 0. The molecule has 0 saturated carbocycles. The van der Waals surface area contributed by atoms with Crippen LogP contribution in [0, 0.1) is 0 Å². The van der Waals surface area contributed by atoms with Crippen molar-refractivity contribution < 1.29 is 9.21 Å². The van der Waals surface area contributed by atoms with Crippen LogP contribution in [-0.4, -0.2) is 5.78 Å². The maximum Gasteiger partial charge on any atom is 0.185 e. The number of ketones is 1. The minimum atomic E-state index is -0.0381. The Morgan fingerprint density at radius 3 is 2.56 bits per heavy atom. The van der Waals surface area contributed by atoms with Crippen molar-refractivity contribution in [2.75, 3.05) is 0 Å². The summed E-state index contributed by atoms with van der Waals surface area (Å²) in [4.78, 5) is 11.7. The van der Waals surface area contributed by atoms with Crippen LogP contribution in [0.2, 0.25) is 0 Å². The lowest BCUT2D eigenvalue weighted by molar-refractivity contribution is 0.104. The van der Waals surface area contributed by atoms with Crippen molar-refractivity contribution in [3.05, 3.63) is 64.5 Å². The molecule has 2 nitrogen and oxygen atoms in total. The number of carbonyl (C=O) groups is 1. The molecule has 0 atom stereocenters. The van der Waals surface area contributed by atoms with Crippen LogP contribution in [0.1, 0.15) is 16.1 Å². The Morgan fingerprint density at radius 2 is 1.94 bits per heavy atom. The number of halogens is 1. The summed E-state index contributed by atoms with van der Waals surface area (Å²) >= 11 is 3.32. The van der Waals surface area contributed by atoms with E-state index in [1.165, 1.54) is 6.08 Å². The number of allylic oxidation sites excluding steroid dienone is 1. The fourth-order valence-electron chi connectivity index (χ4n) is 1.25. The molecule has 1 aromatic heterocycles. The van der Waals surface area contributed by atoms with Crippen LogP contribution in [0.4, 0.5) is 0 Å². The van der Waals surface area contributed by atoms with Gasteiger partial charge in [0.05, 0.1) is 6.26 Å². The normalized spacial score (nSPS) is 10.8. The van der Waals surface area contributed by atoms with Gasteiger partial charge in [-0.2, -0.15) is 0 Å². The van der Waals surface area contributed by atoms with E-state index in [1.807, 2.05) is 12.1 Å². The van der Waals surface area contributed by atoms with E-state index in [2.05, 4.69) is 15.9 Å². The fourth-order valence-corrected chi connectivity index (χ4v) is 1.52. The Morgan fingerprint density at radius 1 is 1.19 bits per heavy atom. The Balaban J connectivity index is 2.11. The van der Waals surface area contributed by atoms with E-state index in [1.54, 1.807) is 36.6 Å². The van der Waals surface area contributed by atoms with Crippen LogP contribution in [0.5, 0.6) is 0 Å². The third kappa shape index (κ3) is 2.70.